The van der Waals surface area contributed by atoms with Gasteiger partial charge >= 0.3 is 0 Å². The lowest BCUT2D eigenvalue weighted by Gasteiger charge is -2.35. The lowest BCUT2D eigenvalue weighted by Crippen LogP contribution is -2.47. The van der Waals surface area contributed by atoms with E-state index in [1.807, 2.05) is 12.1 Å². The molecule has 1 atom stereocenters. The summed E-state index contributed by atoms with van der Waals surface area (Å²) in [5, 5.41) is 16.9. The van der Waals surface area contributed by atoms with Crippen LogP contribution in [0, 0.1) is 5.92 Å². The van der Waals surface area contributed by atoms with Gasteiger partial charge in [-0.2, -0.15) is 5.10 Å². The van der Waals surface area contributed by atoms with Crippen molar-refractivity contribution in [2.24, 2.45) is 5.92 Å². The summed E-state index contributed by atoms with van der Waals surface area (Å²) in [6, 6.07) is 5.60. The average Bonchev–Trinajstić information content (AvgIpc) is 3.26. The van der Waals surface area contributed by atoms with E-state index in [4.69, 9.17) is 0 Å². The Morgan fingerprint density at radius 1 is 1.19 bits per heavy atom. The number of amides is 1. The topological polar surface area (TPSA) is 105 Å². The fourth-order valence-electron chi connectivity index (χ4n) is 4.22. The number of thiazole rings is 1. The van der Waals surface area contributed by atoms with Gasteiger partial charge in [0, 0.05) is 36.8 Å². The van der Waals surface area contributed by atoms with Crippen molar-refractivity contribution in [2.45, 2.75) is 44.7 Å². The smallest absolute Gasteiger partial charge is 0.270 e. The van der Waals surface area contributed by atoms with E-state index in [2.05, 4.69) is 30.7 Å². The van der Waals surface area contributed by atoms with E-state index in [0.29, 0.717) is 16.7 Å². The number of hydrogen-bond acceptors (Lipinski definition) is 8. The Balaban J connectivity index is 1.15. The minimum Gasteiger partial charge on any atom is -0.354 e. The second-order valence-corrected chi connectivity index (χ2v) is 9.46. The fraction of sp³-hybridized carbons (Fsp3) is 0.500. The van der Waals surface area contributed by atoms with Crippen LogP contribution in [-0.4, -0.2) is 51.2 Å². The predicted octanol–water partition coefficient (Wildman–Crippen LogP) is 1.83. The van der Waals surface area contributed by atoms with Crippen molar-refractivity contribution >= 4 is 28.0 Å². The van der Waals surface area contributed by atoms with Crippen molar-refractivity contribution in [3.8, 4) is 0 Å². The summed E-state index contributed by atoms with van der Waals surface area (Å²) in [5.41, 5.74) is 0.496. The molecule has 3 aromatic heterocycles. The predicted molar refractivity (Wildman–Crippen MR) is 123 cm³/mol. The second-order valence-electron chi connectivity index (χ2n) is 8.59. The first-order valence-electron chi connectivity index (χ1n) is 11.2. The molecule has 1 amide bonds. The molecule has 4 heterocycles. The molecule has 0 aromatic carbocycles. The first kappa shape index (κ1) is 21.0. The van der Waals surface area contributed by atoms with Crippen LogP contribution in [0.15, 0.2) is 34.6 Å². The summed E-state index contributed by atoms with van der Waals surface area (Å²) >= 11 is 1.31. The molecule has 1 aliphatic heterocycles. The van der Waals surface area contributed by atoms with Crippen LogP contribution in [0.25, 0.3) is 4.96 Å². The number of hydrogen-bond donors (Lipinski definition) is 2. The number of fused-ring (bicyclic) bond motifs is 1. The fourth-order valence-corrected chi connectivity index (χ4v) is 4.94. The van der Waals surface area contributed by atoms with Crippen molar-refractivity contribution in [3.05, 3.63) is 51.5 Å². The Morgan fingerprint density at radius 2 is 2.09 bits per heavy atom. The van der Waals surface area contributed by atoms with Crippen LogP contribution < -0.4 is 21.1 Å². The van der Waals surface area contributed by atoms with E-state index in [1.165, 1.54) is 47.5 Å². The third-order valence-electron chi connectivity index (χ3n) is 6.34. The Hall–Kier alpha value is -2.85. The molecule has 0 unspecified atom stereocenters. The summed E-state index contributed by atoms with van der Waals surface area (Å²) in [4.78, 5) is 31.5. The van der Waals surface area contributed by atoms with E-state index >= 15 is 0 Å². The van der Waals surface area contributed by atoms with Crippen molar-refractivity contribution in [1.29, 1.82) is 0 Å². The molecule has 1 saturated carbocycles. The van der Waals surface area contributed by atoms with Gasteiger partial charge in [-0.25, -0.2) is 4.98 Å². The largest absolute Gasteiger partial charge is 0.354 e. The standard InChI is InChI=1S/C22H27N7O2S/c30-20-11-18(25-22-29(20)9-10-32-22)21(31)24-13-16-6-7-19(27-26-16)28-8-2-5-17(14-28)23-12-15-3-1-4-15/h6-7,9-11,15,17,23H,1-5,8,12-14H2,(H,24,31)/t17-/m1/s1. The number of rotatable bonds is 7. The van der Waals surface area contributed by atoms with Gasteiger partial charge < -0.3 is 15.5 Å². The highest BCUT2D eigenvalue weighted by Crippen LogP contribution is 2.26. The maximum atomic E-state index is 12.4. The van der Waals surface area contributed by atoms with Gasteiger partial charge in [-0.05, 0) is 50.3 Å². The Bertz CT molecular complexity index is 1140. The van der Waals surface area contributed by atoms with Crippen LogP contribution in [0.1, 0.15) is 48.3 Å². The molecule has 9 nitrogen and oxygen atoms in total. The lowest BCUT2D eigenvalue weighted by atomic mass is 9.85. The van der Waals surface area contributed by atoms with Gasteiger partial charge in [0.15, 0.2) is 10.8 Å². The minimum atomic E-state index is -0.403. The molecule has 0 bridgehead atoms. The quantitative estimate of drug-likeness (QED) is 0.562. The van der Waals surface area contributed by atoms with Crippen molar-refractivity contribution in [3.63, 3.8) is 0 Å². The van der Waals surface area contributed by atoms with Gasteiger partial charge in [-0.3, -0.25) is 14.0 Å². The number of nitrogens with zero attached hydrogens (tertiary/aromatic N) is 5. The zero-order chi connectivity index (χ0) is 21.9. The number of carbonyl (C=O) groups is 1. The van der Waals surface area contributed by atoms with Gasteiger partial charge in [-0.15, -0.1) is 16.4 Å². The zero-order valence-corrected chi connectivity index (χ0v) is 18.7. The molecular weight excluding hydrogens is 426 g/mol. The molecule has 3 aromatic rings. The summed E-state index contributed by atoms with van der Waals surface area (Å²) in [7, 11) is 0. The Morgan fingerprint density at radius 3 is 2.88 bits per heavy atom. The van der Waals surface area contributed by atoms with Crippen molar-refractivity contribution in [1.82, 2.24) is 30.2 Å². The number of nitrogens with one attached hydrogen (secondary N) is 2. The zero-order valence-electron chi connectivity index (χ0n) is 17.9. The highest BCUT2D eigenvalue weighted by Gasteiger charge is 2.23. The molecule has 2 fully saturated rings. The molecule has 32 heavy (non-hydrogen) atoms. The van der Waals surface area contributed by atoms with Crippen molar-refractivity contribution in [2.75, 3.05) is 24.5 Å². The van der Waals surface area contributed by atoms with Crippen LogP contribution in [0.3, 0.4) is 0 Å². The first-order chi connectivity index (χ1) is 15.7. The van der Waals surface area contributed by atoms with Gasteiger partial charge in [0.2, 0.25) is 0 Å². The van der Waals surface area contributed by atoms with Gasteiger partial charge in [0.05, 0.1) is 12.2 Å². The molecule has 0 radical (unpaired) electrons. The molecule has 5 rings (SSSR count). The second kappa shape index (κ2) is 9.33. The Kier molecular flexibility index (Phi) is 6.13. The van der Waals surface area contributed by atoms with E-state index in [-0.39, 0.29) is 17.8 Å². The molecule has 2 aliphatic rings. The number of anilines is 1. The monoisotopic (exact) mass is 453 g/mol. The van der Waals surface area contributed by atoms with Gasteiger partial charge in [-0.1, -0.05) is 6.42 Å². The van der Waals surface area contributed by atoms with E-state index < -0.39 is 5.91 Å². The summed E-state index contributed by atoms with van der Waals surface area (Å²) in [5.74, 6) is 1.33. The molecule has 10 heteroatoms. The molecule has 1 saturated heterocycles. The molecular formula is C22H27N7O2S. The number of piperidine rings is 1. The van der Waals surface area contributed by atoms with Crippen LogP contribution in [0.2, 0.25) is 0 Å². The van der Waals surface area contributed by atoms with Crippen LogP contribution in [-0.2, 0) is 6.54 Å². The highest BCUT2D eigenvalue weighted by atomic mass is 32.1. The maximum absolute atomic E-state index is 12.4. The SMILES string of the molecule is O=C(NCc1ccc(N2CCC[C@@H](NCC3CCC3)C2)nn1)c1cc(=O)n2ccsc2n1. The number of aromatic nitrogens is 4. The van der Waals surface area contributed by atoms with E-state index in [1.54, 1.807) is 11.6 Å². The summed E-state index contributed by atoms with van der Waals surface area (Å²) < 4.78 is 1.42. The van der Waals surface area contributed by atoms with Crippen LogP contribution in [0.4, 0.5) is 5.82 Å². The maximum Gasteiger partial charge on any atom is 0.270 e. The van der Waals surface area contributed by atoms with E-state index in [0.717, 1.165) is 37.8 Å². The Labute approximate surface area is 189 Å². The third-order valence-corrected chi connectivity index (χ3v) is 7.09. The average molecular weight is 454 g/mol. The summed E-state index contributed by atoms with van der Waals surface area (Å²) in [6.45, 7) is 3.29. The molecule has 1 aliphatic carbocycles. The van der Waals surface area contributed by atoms with E-state index in [9.17, 15) is 9.59 Å². The lowest BCUT2D eigenvalue weighted by molar-refractivity contribution is 0.0945. The van der Waals surface area contributed by atoms with Crippen LogP contribution >= 0.6 is 11.3 Å². The van der Waals surface area contributed by atoms with Crippen molar-refractivity contribution < 1.29 is 4.79 Å². The van der Waals surface area contributed by atoms with Crippen LogP contribution in [0.5, 0.6) is 0 Å². The van der Waals surface area contributed by atoms with Gasteiger partial charge in [0.1, 0.15) is 5.69 Å². The molecule has 0 spiro atoms. The molecule has 2 N–H and O–H groups in total. The highest BCUT2D eigenvalue weighted by molar-refractivity contribution is 7.15. The van der Waals surface area contributed by atoms with Gasteiger partial charge in [0.25, 0.3) is 11.5 Å². The normalized spacial score (nSPS) is 19.1. The first-order valence-corrected chi connectivity index (χ1v) is 12.1. The molecule has 168 valence electrons. The summed E-state index contributed by atoms with van der Waals surface area (Å²) in [6.07, 6.45) is 8.10. The minimum absolute atomic E-state index is 0.107. The third kappa shape index (κ3) is 4.66. The number of carbonyl (C=O) groups excluding carboxylic acids is 1.